The van der Waals surface area contributed by atoms with E-state index in [-0.39, 0.29) is 10.8 Å². The summed E-state index contributed by atoms with van der Waals surface area (Å²) in [6.07, 6.45) is 6.21. The highest BCUT2D eigenvalue weighted by Crippen LogP contribution is 2.16. The van der Waals surface area contributed by atoms with Crippen LogP contribution in [0.25, 0.3) is 6.08 Å². The van der Waals surface area contributed by atoms with Crippen LogP contribution in [0.1, 0.15) is 19.4 Å². The van der Waals surface area contributed by atoms with Crippen molar-refractivity contribution in [2.45, 2.75) is 18.7 Å². The topological polar surface area (TPSA) is 79.4 Å². The number of carbonyl (C=O) groups excluding carboxylic acids is 1. The molecule has 0 aliphatic heterocycles. The van der Waals surface area contributed by atoms with Crippen molar-refractivity contribution >= 4 is 27.7 Å². The Bertz CT molecular complexity index is 828. The summed E-state index contributed by atoms with van der Waals surface area (Å²) in [6.45, 7) is 4.46. The summed E-state index contributed by atoms with van der Waals surface area (Å²) in [7, 11) is -3.47. The summed E-state index contributed by atoms with van der Waals surface area (Å²) >= 11 is 0. The molecule has 1 N–H and O–H groups in total. The summed E-state index contributed by atoms with van der Waals surface area (Å²) < 4.78 is 26.2. The van der Waals surface area contributed by atoms with Gasteiger partial charge in [-0.25, -0.2) is 8.42 Å². The number of rotatable bonds is 7. The van der Waals surface area contributed by atoms with Gasteiger partial charge >= 0.3 is 0 Å². The fourth-order valence-electron chi connectivity index (χ4n) is 2.25. The summed E-state index contributed by atoms with van der Waals surface area (Å²) in [5, 5.41) is 2.71. The Kier molecular flexibility index (Phi) is 6.44. The first-order valence-electron chi connectivity index (χ1n) is 7.96. The van der Waals surface area contributed by atoms with Gasteiger partial charge in [0.2, 0.25) is 15.9 Å². The first-order chi connectivity index (χ1) is 12.0. The molecular formula is C18H21N3O3S. The minimum atomic E-state index is -3.47. The zero-order valence-corrected chi connectivity index (χ0v) is 15.0. The minimum Gasteiger partial charge on any atom is -0.322 e. The Morgan fingerprint density at radius 1 is 1.08 bits per heavy atom. The van der Waals surface area contributed by atoms with Crippen molar-refractivity contribution in [2.24, 2.45) is 0 Å². The second-order valence-corrected chi connectivity index (χ2v) is 7.15. The van der Waals surface area contributed by atoms with Crippen LogP contribution in [-0.4, -0.2) is 36.7 Å². The van der Waals surface area contributed by atoms with Crippen molar-refractivity contribution in [3.8, 4) is 0 Å². The Labute approximate surface area is 148 Å². The molecule has 132 valence electrons. The molecule has 0 saturated heterocycles. The monoisotopic (exact) mass is 359 g/mol. The van der Waals surface area contributed by atoms with Crippen molar-refractivity contribution in [3.05, 3.63) is 60.4 Å². The maximum Gasteiger partial charge on any atom is 0.248 e. The largest absolute Gasteiger partial charge is 0.322 e. The van der Waals surface area contributed by atoms with Gasteiger partial charge in [-0.15, -0.1) is 0 Å². The molecule has 1 amide bonds. The summed E-state index contributed by atoms with van der Waals surface area (Å²) in [4.78, 5) is 16.0. The Hall–Kier alpha value is -2.51. The number of hydrogen-bond donors (Lipinski definition) is 1. The molecule has 1 aromatic carbocycles. The van der Waals surface area contributed by atoms with Crippen molar-refractivity contribution in [1.29, 1.82) is 0 Å². The van der Waals surface area contributed by atoms with E-state index in [1.807, 2.05) is 0 Å². The van der Waals surface area contributed by atoms with Crippen LogP contribution in [0, 0.1) is 0 Å². The first kappa shape index (κ1) is 18.8. The quantitative estimate of drug-likeness (QED) is 0.771. The van der Waals surface area contributed by atoms with E-state index in [0.717, 1.165) is 5.56 Å². The van der Waals surface area contributed by atoms with E-state index in [1.165, 1.54) is 10.4 Å². The van der Waals surface area contributed by atoms with E-state index in [0.29, 0.717) is 18.8 Å². The van der Waals surface area contributed by atoms with Gasteiger partial charge in [-0.3, -0.25) is 9.78 Å². The molecule has 2 rings (SSSR count). The molecule has 1 heterocycles. The van der Waals surface area contributed by atoms with Gasteiger partial charge < -0.3 is 5.32 Å². The molecule has 0 atom stereocenters. The lowest BCUT2D eigenvalue weighted by molar-refractivity contribution is -0.111. The predicted octanol–water partition coefficient (Wildman–Crippen LogP) is 2.76. The number of sulfonamides is 1. The van der Waals surface area contributed by atoms with Crippen LogP contribution in [0.15, 0.2) is 59.8 Å². The fraction of sp³-hybridized carbons (Fsp3) is 0.222. The molecule has 1 aromatic heterocycles. The lowest BCUT2D eigenvalue weighted by Gasteiger charge is -2.18. The molecule has 0 saturated carbocycles. The molecule has 0 spiro atoms. The van der Waals surface area contributed by atoms with E-state index in [1.54, 1.807) is 68.7 Å². The molecule has 0 bridgehead atoms. The van der Waals surface area contributed by atoms with Crippen LogP contribution in [-0.2, 0) is 14.8 Å². The van der Waals surface area contributed by atoms with Crippen molar-refractivity contribution in [2.75, 3.05) is 18.4 Å². The predicted molar refractivity (Wildman–Crippen MR) is 98.4 cm³/mol. The molecule has 0 aliphatic rings. The van der Waals surface area contributed by atoms with Crippen molar-refractivity contribution in [3.63, 3.8) is 0 Å². The number of anilines is 1. The van der Waals surface area contributed by atoms with Gasteiger partial charge in [0.05, 0.1) is 4.90 Å². The molecular weight excluding hydrogens is 338 g/mol. The number of pyridine rings is 1. The fourth-order valence-corrected chi connectivity index (χ4v) is 3.71. The van der Waals surface area contributed by atoms with E-state index in [2.05, 4.69) is 10.3 Å². The van der Waals surface area contributed by atoms with Crippen LogP contribution < -0.4 is 5.32 Å². The lowest BCUT2D eigenvalue weighted by atomic mass is 10.2. The minimum absolute atomic E-state index is 0.245. The Morgan fingerprint density at radius 2 is 1.68 bits per heavy atom. The summed E-state index contributed by atoms with van der Waals surface area (Å²) in [5.74, 6) is -0.272. The molecule has 0 aliphatic carbocycles. The van der Waals surface area contributed by atoms with Gasteiger partial charge in [0, 0.05) is 37.2 Å². The molecule has 0 radical (unpaired) electrons. The SMILES string of the molecule is CCN(CC)S(=O)(=O)c1ccc(/C=C/C(=O)Nc2ccncc2)cc1. The first-order valence-corrected chi connectivity index (χ1v) is 9.40. The third-order valence-electron chi connectivity index (χ3n) is 3.60. The number of nitrogens with one attached hydrogen (secondary N) is 1. The zero-order valence-electron chi connectivity index (χ0n) is 14.2. The van der Waals surface area contributed by atoms with Crippen molar-refractivity contribution in [1.82, 2.24) is 9.29 Å². The second kappa shape index (κ2) is 8.55. The molecule has 25 heavy (non-hydrogen) atoms. The average Bonchev–Trinajstić information content (AvgIpc) is 2.62. The maximum atomic E-state index is 12.4. The molecule has 7 heteroatoms. The number of nitrogens with zero attached hydrogens (tertiary/aromatic N) is 2. The van der Waals surface area contributed by atoms with Crippen molar-refractivity contribution < 1.29 is 13.2 Å². The highest BCUT2D eigenvalue weighted by atomic mass is 32.2. The molecule has 6 nitrogen and oxygen atoms in total. The second-order valence-electron chi connectivity index (χ2n) is 5.22. The third-order valence-corrected chi connectivity index (χ3v) is 5.66. The zero-order chi connectivity index (χ0) is 18.3. The van der Waals surface area contributed by atoms with Crippen LogP contribution >= 0.6 is 0 Å². The standard InChI is InChI=1S/C18H21N3O3S/c1-3-21(4-2)25(23,24)17-8-5-15(6-9-17)7-10-18(22)20-16-11-13-19-14-12-16/h5-14H,3-4H2,1-2H3,(H,19,20,22)/b10-7+. The number of carbonyl (C=O) groups is 1. The van der Waals surface area contributed by atoms with E-state index in [4.69, 9.17) is 0 Å². The third kappa shape index (κ3) is 4.98. The molecule has 0 unspecified atom stereocenters. The van der Waals surface area contributed by atoms with E-state index in [9.17, 15) is 13.2 Å². The summed E-state index contributed by atoms with van der Waals surface area (Å²) in [6, 6.07) is 9.83. The van der Waals surface area contributed by atoms with E-state index < -0.39 is 10.0 Å². The normalized spacial score (nSPS) is 11.8. The Balaban J connectivity index is 2.06. The van der Waals surface area contributed by atoms with Gasteiger partial charge in [0.25, 0.3) is 0 Å². The highest BCUT2D eigenvalue weighted by Gasteiger charge is 2.20. The van der Waals surface area contributed by atoms with E-state index >= 15 is 0 Å². The van der Waals surface area contributed by atoms with Crippen LogP contribution in [0.5, 0.6) is 0 Å². The van der Waals surface area contributed by atoms with Gasteiger partial charge in [0.1, 0.15) is 0 Å². The van der Waals surface area contributed by atoms with Gasteiger partial charge in [-0.1, -0.05) is 26.0 Å². The number of hydrogen-bond acceptors (Lipinski definition) is 4. The maximum absolute atomic E-state index is 12.4. The smallest absolute Gasteiger partial charge is 0.248 e. The summed E-state index contributed by atoms with van der Waals surface area (Å²) in [5.41, 5.74) is 1.40. The van der Waals surface area contributed by atoms with Crippen LogP contribution in [0.2, 0.25) is 0 Å². The number of amides is 1. The van der Waals surface area contributed by atoms with Gasteiger partial charge in [0.15, 0.2) is 0 Å². The average molecular weight is 359 g/mol. The van der Waals surface area contributed by atoms with Crippen LogP contribution in [0.4, 0.5) is 5.69 Å². The highest BCUT2D eigenvalue weighted by molar-refractivity contribution is 7.89. The number of aromatic nitrogens is 1. The lowest BCUT2D eigenvalue weighted by Crippen LogP contribution is -2.30. The Morgan fingerprint density at radius 3 is 2.24 bits per heavy atom. The van der Waals surface area contributed by atoms with Crippen LogP contribution in [0.3, 0.4) is 0 Å². The number of benzene rings is 1. The molecule has 2 aromatic rings. The van der Waals surface area contributed by atoms with Gasteiger partial charge in [-0.05, 0) is 35.9 Å². The van der Waals surface area contributed by atoms with Gasteiger partial charge in [-0.2, -0.15) is 4.31 Å². The molecule has 0 fully saturated rings.